The van der Waals surface area contributed by atoms with Crippen molar-refractivity contribution in [1.29, 1.82) is 0 Å². The minimum Gasteiger partial charge on any atom is -0.314 e. The molecular formula is C17H28N2S. The van der Waals surface area contributed by atoms with E-state index in [0.717, 1.165) is 5.92 Å². The average molecular weight is 292 g/mol. The van der Waals surface area contributed by atoms with Gasteiger partial charge in [-0.3, -0.25) is 0 Å². The van der Waals surface area contributed by atoms with Gasteiger partial charge >= 0.3 is 0 Å². The van der Waals surface area contributed by atoms with Crippen molar-refractivity contribution in [1.82, 2.24) is 10.2 Å². The van der Waals surface area contributed by atoms with Crippen LogP contribution in [0.5, 0.6) is 0 Å². The van der Waals surface area contributed by atoms with Crippen LogP contribution in [0.3, 0.4) is 0 Å². The Kier molecular flexibility index (Phi) is 6.91. The summed E-state index contributed by atoms with van der Waals surface area (Å²) in [6, 6.07) is 11.4. The lowest BCUT2D eigenvalue weighted by Gasteiger charge is -2.32. The summed E-state index contributed by atoms with van der Waals surface area (Å²) in [5, 5.41) is 3.57. The first-order valence-corrected chi connectivity index (χ1v) is 8.86. The molecule has 0 atom stereocenters. The molecule has 3 heteroatoms. The van der Waals surface area contributed by atoms with Crippen LogP contribution in [-0.2, 0) is 0 Å². The van der Waals surface area contributed by atoms with Gasteiger partial charge in [-0.15, -0.1) is 11.8 Å². The van der Waals surface area contributed by atoms with E-state index in [1.807, 2.05) is 11.8 Å². The van der Waals surface area contributed by atoms with Crippen LogP contribution in [0.25, 0.3) is 0 Å². The molecule has 0 unspecified atom stereocenters. The molecule has 0 spiro atoms. The molecule has 0 bridgehead atoms. The molecule has 2 nitrogen and oxygen atoms in total. The van der Waals surface area contributed by atoms with Gasteiger partial charge in [-0.1, -0.05) is 32.0 Å². The van der Waals surface area contributed by atoms with E-state index in [9.17, 15) is 0 Å². The number of thioether (sulfide) groups is 1. The zero-order chi connectivity index (χ0) is 14.2. The Morgan fingerprint density at radius 3 is 2.55 bits per heavy atom. The second-order valence-electron chi connectivity index (χ2n) is 6.01. The lowest BCUT2D eigenvalue weighted by Crippen LogP contribution is -2.39. The summed E-state index contributed by atoms with van der Waals surface area (Å²) in [5.41, 5.74) is 0. The van der Waals surface area contributed by atoms with E-state index < -0.39 is 0 Å². The van der Waals surface area contributed by atoms with Gasteiger partial charge < -0.3 is 10.2 Å². The van der Waals surface area contributed by atoms with Gasteiger partial charge in [0.2, 0.25) is 0 Å². The Morgan fingerprint density at radius 2 is 1.90 bits per heavy atom. The third-order valence-corrected chi connectivity index (χ3v) is 4.93. The number of benzene rings is 1. The van der Waals surface area contributed by atoms with E-state index in [0.29, 0.717) is 6.04 Å². The molecular weight excluding hydrogens is 264 g/mol. The smallest absolute Gasteiger partial charge is 0.0108 e. The second-order valence-corrected chi connectivity index (χ2v) is 7.18. The van der Waals surface area contributed by atoms with Gasteiger partial charge in [0.25, 0.3) is 0 Å². The Hall–Kier alpha value is -0.510. The lowest BCUT2D eigenvalue weighted by atomic mass is 9.96. The molecule has 2 rings (SSSR count). The first kappa shape index (κ1) is 15.9. The van der Waals surface area contributed by atoms with Crippen molar-refractivity contribution in [2.75, 3.05) is 31.9 Å². The van der Waals surface area contributed by atoms with Gasteiger partial charge in [0.15, 0.2) is 0 Å². The van der Waals surface area contributed by atoms with Crippen LogP contribution in [0, 0.1) is 5.92 Å². The fraction of sp³-hybridized carbons (Fsp3) is 0.647. The van der Waals surface area contributed by atoms with Crippen LogP contribution in [0.4, 0.5) is 0 Å². The average Bonchev–Trinajstić information content (AvgIpc) is 2.47. The molecule has 0 aromatic heterocycles. The number of hydrogen-bond donors (Lipinski definition) is 1. The van der Waals surface area contributed by atoms with Crippen molar-refractivity contribution >= 4 is 11.8 Å². The first-order valence-electron chi connectivity index (χ1n) is 7.87. The monoisotopic (exact) mass is 292 g/mol. The van der Waals surface area contributed by atoms with Crippen molar-refractivity contribution in [3.05, 3.63) is 30.3 Å². The molecule has 1 aliphatic rings. The molecule has 1 aromatic carbocycles. The fourth-order valence-corrected chi connectivity index (χ4v) is 3.56. The molecule has 1 aliphatic heterocycles. The van der Waals surface area contributed by atoms with Crippen LogP contribution in [0.2, 0.25) is 0 Å². The van der Waals surface area contributed by atoms with E-state index in [2.05, 4.69) is 54.4 Å². The second kappa shape index (κ2) is 8.71. The van der Waals surface area contributed by atoms with Crippen LogP contribution < -0.4 is 5.32 Å². The fourth-order valence-electron chi connectivity index (χ4n) is 2.63. The summed E-state index contributed by atoms with van der Waals surface area (Å²) in [6.45, 7) is 9.44. The number of hydrogen-bond acceptors (Lipinski definition) is 3. The molecule has 1 aromatic rings. The largest absolute Gasteiger partial charge is 0.314 e. The number of nitrogens with zero attached hydrogens (tertiary/aromatic N) is 1. The number of piperidine rings is 1. The molecule has 1 heterocycles. The number of rotatable bonds is 7. The highest BCUT2D eigenvalue weighted by Crippen LogP contribution is 2.20. The molecule has 0 saturated carbocycles. The van der Waals surface area contributed by atoms with Gasteiger partial charge in [0, 0.05) is 23.2 Å². The van der Waals surface area contributed by atoms with Crippen LogP contribution >= 0.6 is 11.8 Å². The van der Waals surface area contributed by atoms with E-state index in [-0.39, 0.29) is 0 Å². The highest BCUT2D eigenvalue weighted by molar-refractivity contribution is 7.99. The summed E-state index contributed by atoms with van der Waals surface area (Å²) in [5.74, 6) is 2.09. The predicted octanol–water partition coefficient (Wildman–Crippen LogP) is 3.49. The minimum atomic E-state index is 0.621. The minimum absolute atomic E-state index is 0.621. The topological polar surface area (TPSA) is 15.3 Å². The maximum Gasteiger partial charge on any atom is 0.0108 e. The van der Waals surface area contributed by atoms with Crippen LogP contribution in [0.1, 0.15) is 26.7 Å². The molecule has 1 N–H and O–H groups in total. The molecule has 20 heavy (non-hydrogen) atoms. The molecule has 0 amide bonds. The van der Waals surface area contributed by atoms with Crippen LogP contribution in [0.15, 0.2) is 35.2 Å². The summed E-state index contributed by atoms with van der Waals surface area (Å²) >= 11 is 1.98. The third-order valence-electron chi connectivity index (χ3n) is 3.94. The van der Waals surface area contributed by atoms with Gasteiger partial charge in [-0.25, -0.2) is 0 Å². The SMILES string of the molecule is CC(C)NCC1CCN(CCSc2ccccc2)CC1. The highest BCUT2D eigenvalue weighted by atomic mass is 32.2. The highest BCUT2D eigenvalue weighted by Gasteiger charge is 2.18. The quantitative estimate of drug-likeness (QED) is 0.775. The first-order chi connectivity index (χ1) is 9.74. The molecule has 0 aliphatic carbocycles. The molecule has 0 radical (unpaired) electrons. The van der Waals surface area contributed by atoms with Crippen molar-refractivity contribution in [3.8, 4) is 0 Å². The van der Waals surface area contributed by atoms with Gasteiger partial charge in [-0.2, -0.15) is 0 Å². The Balaban J connectivity index is 1.58. The summed E-state index contributed by atoms with van der Waals surface area (Å²) in [6.07, 6.45) is 2.71. The van der Waals surface area contributed by atoms with E-state index in [4.69, 9.17) is 0 Å². The maximum absolute atomic E-state index is 3.57. The van der Waals surface area contributed by atoms with E-state index in [1.165, 1.54) is 49.7 Å². The van der Waals surface area contributed by atoms with Gasteiger partial charge in [-0.05, 0) is 50.5 Å². The zero-order valence-corrected chi connectivity index (χ0v) is 13.7. The van der Waals surface area contributed by atoms with Crippen LogP contribution in [-0.4, -0.2) is 42.9 Å². The van der Waals surface area contributed by atoms with Gasteiger partial charge in [0.1, 0.15) is 0 Å². The third kappa shape index (κ3) is 5.86. The maximum atomic E-state index is 3.57. The summed E-state index contributed by atoms with van der Waals surface area (Å²) < 4.78 is 0. The number of nitrogens with one attached hydrogen (secondary N) is 1. The molecule has 1 fully saturated rings. The number of likely N-dealkylation sites (tertiary alicyclic amines) is 1. The summed E-state index contributed by atoms with van der Waals surface area (Å²) in [7, 11) is 0. The molecule has 1 saturated heterocycles. The Labute approximate surface area is 128 Å². The Bertz CT molecular complexity index is 359. The Morgan fingerprint density at radius 1 is 1.20 bits per heavy atom. The normalized spacial score (nSPS) is 17.8. The van der Waals surface area contributed by atoms with Crippen molar-refractivity contribution in [2.24, 2.45) is 5.92 Å². The van der Waals surface area contributed by atoms with Gasteiger partial charge in [0.05, 0.1) is 0 Å². The van der Waals surface area contributed by atoms with Crippen molar-refractivity contribution in [3.63, 3.8) is 0 Å². The molecule has 112 valence electrons. The van der Waals surface area contributed by atoms with E-state index >= 15 is 0 Å². The standard InChI is InChI=1S/C17H28N2S/c1-15(2)18-14-16-8-10-19(11-9-16)12-13-20-17-6-4-3-5-7-17/h3-7,15-16,18H,8-14H2,1-2H3. The van der Waals surface area contributed by atoms with Crippen molar-refractivity contribution < 1.29 is 0 Å². The summed E-state index contributed by atoms with van der Waals surface area (Å²) in [4.78, 5) is 4.02. The lowest BCUT2D eigenvalue weighted by molar-refractivity contribution is 0.190. The van der Waals surface area contributed by atoms with Crippen molar-refractivity contribution in [2.45, 2.75) is 37.6 Å². The predicted molar refractivity (Wildman–Crippen MR) is 89.5 cm³/mol. The zero-order valence-electron chi connectivity index (χ0n) is 12.8. The van der Waals surface area contributed by atoms with E-state index in [1.54, 1.807) is 0 Å².